The fourth-order valence-electron chi connectivity index (χ4n) is 3.90. The Morgan fingerprint density at radius 2 is 2.11 bits per heavy atom. The molecule has 2 amide bonds. The van der Waals surface area contributed by atoms with Gasteiger partial charge in [0, 0.05) is 19.1 Å². The summed E-state index contributed by atoms with van der Waals surface area (Å²) in [5, 5.41) is 2.97. The van der Waals surface area contributed by atoms with Crippen LogP contribution in [0.25, 0.3) is 0 Å². The number of carbonyl (C=O) groups excluding carboxylic acids is 2. The SMILES string of the molecule is CC[C@H]1Oc2ccccc2N(CC(=O)NCCCN2CCCC[C@H]2C)C1=O. The maximum atomic E-state index is 12.6. The van der Waals surface area contributed by atoms with Crippen LogP contribution < -0.4 is 15.0 Å². The van der Waals surface area contributed by atoms with Crippen molar-refractivity contribution >= 4 is 17.5 Å². The Morgan fingerprint density at radius 1 is 1.30 bits per heavy atom. The Kier molecular flexibility index (Phi) is 6.72. The molecule has 1 saturated heterocycles. The second-order valence-electron chi connectivity index (χ2n) is 7.49. The zero-order valence-corrected chi connectivity index (χ0v) is 16.4. The lowest BCUT2D eigenvalue weighted by Crippen LogP contribution is -2.49. The summed E-state index contributed by atoms with van der Waals surface area (Å²) in [5.74, 6) is 0.394. The molecule has 27 heavy (non-hydrogen) atoms. The second-order valence-corrected chi connectivity index (χ2v) is 7.49. The molecule has 1 N–H and O–H groups in total. The van der Waals surface area contributed by atoms with Gasteiger partial charge in [-0.05, 0) is 51.3 Å². The van der Waals surface area contributed by atoms with Crippen molar-refractivity contribution in [3.05, 3.63) is 24.3 Å². The van der Waals surface area contributed by atoms with E-state index in [0.29, 0.717) is 30.4 Å². The number of nitrogens with zero attached hydrogens (tertiary/aromatic N) is 2. The summed E-state index contributed by atoms with van der Waals surface area (Å²) in [6.45, 7) is 7.04. The molecule has 6 heteroatoms. The van der Waals surface area contributed by atoms with Gasteiger partial charge in [0.15, 0.2) is 6.10 Å². The number of fused-ring (bicyclic) bond motifs is 1. The monoisotopic (exact) mass is 373 g/mol. The maximum Gasteiger partial charge on any atom is 0.268 e. The molecule has 0 radical (unpaired) electrons. The van der Waals surface area contributed by atoms with Gasteiger partial charge in [-0.1, -0.05) is 25.5 Å². The van der Waals surface area contributed by atoms with Gasteiger partial charge in [0.1, 0.15) is 12.3 Å². The first-order valence-corrected chi connectivity index (χ1v) is 10.2. The van der Waals surface area contributed by atoms with Crippen LogP contribution in [0.5, 0.6) is 5.75 Å². The van der Waals surface area contributed by atoms with Crippen LogP contribution in [0.15, 0.2) is 24.3 Å². The zero-order chi connectivity index (χ0) is 19.2. The van der Waals surface area contributed by atoms with Crippen molar-refractivity contribution in [3.63, 3.8) is 0 Å². The number of carbonyl (C=O) groups is 2. The van der Waals surface area contributed by atoms with Crippen LogP contribution in [-0.4, -0.2) is 55.0 Å². The Labute approximate surface area is 161 Å². The quantitative estimate of drug-likeness (QED) is 0.746. The van der Waals surface area contributed by atoms with E-state index in [9.17, 15) is 9.59 Å². The first kappa shape index (κ1) is 19.7. The van der Waals surface area contributed by atoms with Crippen LogP contribution in [0.2, 0.25) is 0 Å². The number of likely N-dealkylation sites (tertiary alicyclic amines) is 1. The van der Waals surface area contributed by atoms with Crippen LogP contribution in [0.1, 0.15) is 46.0 Å². The number of rotatable bonds is 7. The molecule has 1 aromatic carbocycles. The summed E-state index contributed by atoms with van der Waals surface area (Å²) in [4.78, 5) is 29.1. The molecule has 0 bridgehead atoms. The van der Waals surface area contributed by atoms with Crippen LogP contribution >= 0.6 is 0 Å². The number of nitrogens with one attached hydrogen (secondary N) is 1. The van der Waals surface area contributed by atoms with Gasteiger partial charge in [-0.15, -0.1) is 0 Å². The van der Waals surface area contributed by atoms with E-state index in [1.165, 1.54) is 19.3 Å². The van der Waals surface area contributed by atoms with Crippen molar-refractivity contribution in [3.8, 4) is 5.75 Å². The highest BCUT2D eigenvalue weighted by molar-refractivity contribution is 6.03. The van der Waals surface area contributed by atoms with E-state index < -0.39 is 6.10 Å². The van der Waals surface area contributed by atoms with Gasteiger partial charge in [-0.2, -0.15) is 0 Å². The number of anilines is 1. The molecular weight excluding hydrogens is 342 g/mol. The van der Waals surface area contributed by atoms with Crippen molar-refractivity contribution in [2.75, 3.05) is 31.1 Å². The van der Waals surface area contributed by atoms with E-state index in [1.807, 2.05) is 31.2 Å². The molecule has 2 aliphatic rings. The third kappa shape index (κ3) is 4.80. The van der Waals surface area contributed by atoms with Crippen molar-refractivity contribution in [1.82, 2.24) is 10.2 Å². The van der Waals surface area contributed by atoms with Crippen molar-refractivity contribution < 1.29 is 14.3 Å². The normalized spacial score (nSPS) is 22.9. The Morgan fingerprint density at radius 3 is 2.89 bits per heavy atom. The van der Waals surface area contributed by atoms with Crippen LogP contribution in [0.4, 0.5) is 5.69 Å². The number of hydrogen-bond donors (Lipinski definition) is 1. The van der Waals surface area contributed by atoms with Crippen LogP contribution in [-0.2, 0) is 9.59 Å². The van der Waals surface area contributed by atoms with Crippen LogP contribution in [0, 0.1) is 0 Å². The first-order chi connectivity index (χ1) is 13.1. The molecule has 148 valence electrons. The summed E-state index contributed by atoms with van der Waals surface area (Å²) >= 11 is 0. The third-order valence-corrected chi connectivity index (χ3v) is 5.52. The Bertz CT molecular complexity index is 664. The molecule has 6 nitrogen and oxygen atoms in total. The summed E-state index contributed by atoms with van der Waals surface area (Å²) in [5.41, 5.74) is 0.671. The van der Waals surface area contributed by atoms with Gasteiger partial charge in [0.2, 0.25) is 5.91 Å². The highest BCUT2D eigenvalue weighted by Crippen LogP contribution is 2.34. The number of amides is 2. The van der Waals surface area contributed by atoms with Crippen molar-refractivity contribution in [1.29, 1.82) is 0 Å². The lowest BCUT2D eigenvalue weighted by atomic mass is 10.0. The van der Waals surface area contributed by atoms with Gasteiger partial charge in [0.05, 0.1) is 5.69 Å². The van der Waals surface area contributed by atoms with E-state index in [-0.39, 0.29) is 18.4 Å². The lowest BCUT2D eigenvalue weighted by Gasteiger charge is -2.34. The molecule has 1 fully saturated rings. The van der Waals surface area contributed by atoms with Gasteiger partial charge in [-0.3, -0.25) is 14.5 Å². The zero-order valence-electron chi connectivity index (χ0n) is 16.4. The lowest BCUT2D eigenvalue weighted by molar-refractivity contribution is -0.129. The standard InChI is InChI=1S/C21H31N3O3/c1-3-18-21(26)24(17-10-4-5-11-19(17)27-18)15-20(25)22-12-8-14-23-13-7-6-9-16(23)2/h4-5,10-11,16,18H,3,6-9,12-15H2,1-2H3,(H,22,25)/t16-,18-/m1/s1. The van der Waals surface area contributed by atoms with E-state index in [1.54, 1.807) is 4.90 Å². The molecular formula is C21H31N3O3. The molecule has 0 saturated carbocycles. The predicted molar refractivity (Wildman–Crippen MR) is 106 cm³/mol. The van der Waals surface area contributed by atoms with Crippen LogP contribution in [0.3, 0.4) is 0 Å². The summed E-state index contributed by atoms with van der Waals surface area (Å²) in [7, 11) is 0. The predicted octanol–water partition coefficient (Wildman–Crippen LogP) is 2.57. The third-order valence-electron chi connectivity index (χ3n) is 5.52. The van der Waals surface area contributed by atoms with Crippen molar-refractivity contribution in [2.24, 2.45) is 0 Å². The number of piperidine rings is 1. The molecule has 0 spiro atoms. The number of benzene rings is 1. The molecule has 2 heterocycles. The highest BCUT2D eigenvalue weighted by atomic mass is 16.5. The Hall–Kier alpha value is -2.08. The fourth-order valence-corrected chi connectivity index (χ4v) is 3.90. The number of para-hydroxylation sites is 2. The molecule has 0 aliphatic carbocycles. The number of hydrogen-bond acceptors (Lipinski definition) is 4. The minimum atomic E-state index is -0.520. The first-order valence-electron chi connectivity index (χ1n) is 10.2. The summed E-state index contributed by atoms with van der Waals surface area (Å²) in [6.07, 6.45) is 4.86. The minimum Gasteiger partial charge on any atom is -0.478 e. The fraction of sp³-hybridized carbons (Fsp3) is 0.619. The Balaban J connectivity index is 1.50. The highest BCUT2D eigenvalue weighted by Gasteiger charge is 2.34. The number of ether oxygens (including phenoxy) is 1. The van der Waals surface area contributed by atoms with Gasteiger partial charge < -0.3 is 15.0 Å². The second kappa shape index (κ2) is 9.22. The molecule has 3 rings (SSSR count). The minimum absolute atomic E-state index is 0.0375. The average molecular weight is 373 g/mol. The molecule has 0 aromatic heterocycles. The van der Waals surface area contributed by atoms with Gasteiger partial charge in [0.25, 0.3) is 5.91 Å². The average Bonchev–Trinajstić information content (AvgIpc) is 2.68. The van der Waals surface area contributed by atoms with E-state index in [2.05, 4.69) is 17.1 Å². The summed E-state index contributed by atoms with van der Waals surface area (Å²) in [6, 6.07) is 8.04. The van der Waals surface area contributed by atoms with Gasteiger partial charge in [-0.25, -0.2) is 0 Å². The maximum absolute atomic E-state index is 12.6. The molecule has 0 unspecified atom stereocenters. The largest absolute Gasteiger partial charge is 0.478 e. The molecule has 2 atom stereocenters. The molecule has 2 aliphatic heterocycles. The smallest absolute Gasteiger partial charge is 0.268 e. The topological polar surface area (TPSA) is 61.9 Å². The van der Waals surface area contributed by atoms with E-state index in [0.717, 1.165) is 19.5 Å². The van der Waals surface area contributed by atoms with Gasteiger partial charge >= 0.3 is 0 Å². The van der Waals surface area contributed by atoms with Crippen molar-refractivity contribution in [2.45, 2.75) is 58.1 Å². The van der Waals surface area contributed by atoms with E-state index in [4.69, 9.17) is 4.74 Å². The summed E-state index contributed by atoms with van der Waals surface area (Å²) < 4.78 is 5.75. The van der Waals surface area contributed by atoms with E-state index >= 15 is 0 Å². The molecule has 1 aromatic rings.